The lowest BCUT2D eigenvalue weighted by Crippen LogP contribution is -2.29. The summed E-state index contributed by atoms with van der Waals surface area (Å²) in [5.41, 5.74) is 5.81. The van der Waals surface area contributed by atoms with Gasteiger partial charge in [0.15, 0.2) is 0 Å². The van der Waals surface area contributed by atoms with Crippen LogP contribution < -0.4 is 26.4 Å². The van der Waals surface area contributed by atoms with E-state index in [2.05, 4.69) is 20.9 Å². The predicted molar refractivity (Wildman–Crippen MR) is 129 cm³/mol. The van der Waals surface area contributed by atoms with Crippen LogP contribution in [0.1, 0.15) is 32.7 Å². The number of aryl methyl sites for hydroxylation is 1. The fourth-order valence-corrected chi connectivity index (χ4v) is 3.35. The number of amides is 4. The topological polar surface area (TPSA) is 135 Å². The monoisotopic (exact) mass is 515 g/mol. The summed E-state index contributed by atoms with van der Waals surface area (Å²) in [5, 5.41) is 7.41. The van der Waals surface area contributed by atoms with E-state index in [4.69, 9.17) is 10.5 Å². The molecule has 12 heteroatoms. The Kier molecular flexibility index (Phi) is 8.33. The molecule has 1 heterocycles. The number of alkyl halides is 3. The maximum Gasteiger partial charge on any atom is 0.416 e. The Morgan fingerprint density at radius 1 is 1.05 bits per heavy atom. The Morgan fingerprint density at radius 3 is 2.46 bits per heavy atom. The first-order valence-electron chi connectivity index (χ1n) is 10.9. The van der Waals surface area contributed by atoms with Crippen LogP contribution in [-0.4, -0.2) is 29.9 Å². The molecule has 4 amide bonds. The second-order valence-electron chi connectivity index (χ2n) is 7.98. The molecule has 3 rings (SSSR count). The highest BCUT2D eigenvalue weighted by Crippen LogP contribution is 2.32. The summed E-state index contributed by atoms with van der Waals surface area (Å²) in [5.74, 6) is -0.177. The minimum atomic E-state index is -4.63. The van der Waals surface area contributed by atoms with E-state index in [-0.39, 0.29) is 35.8 Å². The quantitative estimate of drug-likeness (QED) is 0.361. The largest absolute Gasteiger partial charge is 0.457 e. The summed E-state index contributed by atoms with van der Waals surface area (Å²) < 4.78 is 45.1. The van der Waals surface area contributed by atoms with Gasteiger partial charge in [0.25, 0.3) is 5.91 Å². The molecule has 5 N–H and O–H groups in total. The molecular formula is C25H24F3N5O4. The number of anilines is 1. The van der Waals surface area contributed by atoms with Gasteiger partial charge >= 0.3 is 12.2 Å². The summed E-state index contributed by atoms with van der Waals surface area (Å²) in [6.07, 6.45) is -3.51. The number of nitrogens with zero attached hydrogens (tertiary/aromatic N) is 1. The Balaban J connectivity index is 1.66. The van der Waals surface area contributed by atoms with Crippen LogP contribution >= 0.6 is 0 Å². The number of nitrogens with one attached hydrogen (secondary N) is 3. The normalized spacial score (nSPS) is 10.9. The third-order valence-corrected chi connectivity index (χ3v) is 5.16. The van der Waals surface area contributed by atoms with E-state index >= 15 is 0 Å². The molecule has 0 unspecified atom stereocenters. The molecule has 0 aliphatic carbocycles. The molecule has 37 heavy (non-hydrogen) atoms. The maximum atomic E-state index is 13.1. The van der Waals surface area contributed by atoms with E-state index in [9.17, 15) is 27.6 Å². The molecule has 0 saturated heterocycles. The Morgan fingerprint density at radius 2 is 1.81 bits per heavy atom. The maximum absolute atomic E-state index is 13.1. The number of rotatable bonds is 8. The van der Waals surface area contributed by atoms with Crippen molar-refractivity contribution in [3.05, 3.63) is 82.7 Å². The van der Waals surface area contributed by atoms with Crippen LogP contribution in [0.4, 0.5) is 23.7 Å². The van der Waals surface area contributed by atoms with Gasteiger partial charge in [0, 0.05) is 31.5 Å². The third-order valence-electron chi connectivity index (χ3n) is 5.16. The minimum Gasteiger partial charge on any atom is -0.457 e. The molecular weight excluding hydrogens is 491 g/mol. The lowest BCUT2D eigenvalue weighted by molar-refractivity contribution is -0.137. The van der Waals surface area contributed by atoms with Crippen LogP contribution in [0.5, 0.6) is 11.5 Å². The summed E-state index contributed by atoms with van der Waals surface area (Å²) in [4.78, 5) is 39.4. The number of nitrogens with two attached hydrogens (primary N) is 1. The highest BCUT2D eigenvalue weighted by molar-refractivity contribution is 5.92. The van der Waals surface area contributed by atoms with Gasteiger partial charge in [-0.1, -0.05) is 18.2 Å². The van der Waals surface area contributed by atoms with Crippen molar-refractivity contribution in [2.45, 2.75) is 26.1 Å². The van der Waals surface area contributed by atoms with Crippen LogP contribution in [0.2, 0.25) is 0 Å². The first kappa shape index (κ1) is 27.0. The molecule has 0 aliphatic heterocycles. The zero-order chi connectivity index (χ0) is 27.2. The predicted octanol–water partition coefficient (Wildman–Crippen LogP) is 3.91. The molecule has 194 valence electrons. The van der Waals surface area contributed by atoms with E-state index in [0.717, 1.165) is 23.8 Å². The molecule has 0 spiro atoms. The summed E-state index contributed by atoms with van der Waals surface area (Å²) in [6.45, 7) is 1.85. The van der Waals surface area contributed by atoms with E-state index in [1.165, 1.54) is 19.3 Å². The lowest BCUT2D eigenvalue weighted by atomic mass is 10.1. The summed E-state index contributed by atoms with van der Waals surface area (Å²) in [7, 11) is 1.49. The number of pyridine rings is 1. The molecule has 2 aromatic carbocycles. The van der Waals surface area contributed by atoms with Gasteiger partial charge in [0.1, 0.15) is 17.2 Å². The van der Waals surface area contributed by atoms with Gasteiger partial charge in [-0.3, -0.25) is 14.6 Å². The standard InChI is InChI=1S/C25H24F3N5O4/c1-14-9-15(3-6-21(14)37-18-7-8-31-20(12-18)23(35)30-2)13-32-24(36)33-19-11-17(25(26,27)28)5-4-16(19)10-22(29)34/h3-9,11-12H,10,13H2,1-2H3,(H2,29,34)(H,30,35)(H2,32,33,36). The smallest absolute Gasteiger partial charge is 0.416 e. The van der Waals surface area contributed by atoms with Crippen molar-refractivity contribution in [3.8, 4) is 11.5 Å². The van der Waals surface area contributed by atoms with Crippen molar-refractivity contribution < 1.29 is 32.3 Å². The highest BCUT2D eigenvalue weighted by Gasteiger charge is 2.31. The molecule has 0 saturated carbocycles. The van der Waals surface area contributed by atoms with E-state index in [1.807, 2.05) is 0 Å². The third kappa shape index (κ3) is 7.43. The van der Waals surface area contributed by atoms with Crippen molar-refractivity contribution in [1.82, 2.24) is 15.6 Å². The van der Waals surface area contributed by atoms with Crippen LogP contribution in [-0.2, 0) is 23.9 Å². The van der Waals surface area contributed by atoms with E-state index in [0.29, 0.717) is 17.1 Å². The number of urea groups is 1. The van der Waals surface area contributed by atoms with Crippen molar-refractivity contribution >= 4 is 23.5 Å². The average molecular weight is 515 g/mol. The van der Waals surface area contributed by atoms with E-state index < -0.39 is 23.7 Å². The lowest BCUT2D eigenvalue weighted by Gasteiger charge is -2.15. The molecule has 1 aromatic heterocycles. The van der Waals surface area contributed by atoms with Gasteiger partial charge in [0.05, 0.1) is 12.0 Å². The fourth-order valence-electron chi connectivity index (χ4n) is 3.35. The van der Waals surface area contributed by atoms with Gasteiger partial charge in [-0.15, -0.1) is 0 Å². The number of hydrogen-bond acceptors (Lipinski definition) is 5. The summed E-state index contributed by atoms with van der Waals surface area (Å²) >= 11 is 0. The molecule has 0 fully saturated rings. The average Bonchev–Trinajstić information content (AvgIpc) is 2.84. The zero-order valence-corrected chi connectivity index (χ0v) is 19.9. The SMILES string of the molecule is CNC(=O)c1cc(Oc2ccc(CNC(=O)Nc3cc(C(F)(F)F)ccc3CC(N)=O)cc2C)ccn1. The van der Waals surface area contributed by atoms with Crippen LogP contribution in [0.25, 0.3) is 0 Å². The second-order valence-corrected chi connectivity index (χ2v) is 7.98. The zero-order valence-electron chi connectivity index (χ0n) is 19.9. The number of carbonyl (C=O) groups excluding carboxylic acids is 3. The Labute approximate surface area is 210 Å². The second kappa shape index (κ2) is 11.4. The highest BCUT2D eigenvalue weighted by atomic mass is 19.4. The number of aromatic nitrogens is 1. The molecule has 0 bridgehead atoms. The van der Waals surface area contributed by atoms with Crippen molar-refractivity contribution in [2.24, 2.45) is 5.73 Å². The molecule has 3 aromatic rings. The van der Waals surface area contributed by atoms with Gasteiger partial charge in [0.2, 0.25) is 5.91 Å². The van der Waals surface area contributed by atoms with Crippen molar-refractivity contribution in [2.75, 3.05) is 12.4 Å². The van der Waals surface area contributed by atoms with Crippen LogP contribution in [0.15, 0.2) is 54.7 Å². The summed E-state index contributed by atoms with van der Waals surface area (Å²) in [6, 6.07) is 10.2. The van der Waals surface area contributed by atoms with Crippen LogP contribution in [0, 0.1) is 6.92 Å². The molecule has 0 aliphatic rings. The fraction of sp³-hybridized carbons (Fsp3) is 0.200. The van der Waals surface area contributed by atoms with Gasteiger partial charge in [-0.2, -0.15) is 13.2 Å². The van der Waals surface area contributed by atoms with Crippen LogP contribution in [0.3, 0.4) is 0 Å². The first-order chi connectivity index (χ1) is 17.5. The molecule has 0 atom stereocenters. The first-order valence-corrected chi connectivity index (χ1v) is 10.9. The Bertz CT molecular complexity index is 1330. The van der Waals surface area contributed by atoms with Gasteiger partial charge < -0.3 is 26.4 Å². The number of ether oxygens (including phenoxy) is 1. The number of carbonyl (C=O) groups is 3. The molecule has 0 radical (unpaired) electrons. The van der Waals surface area contributed by atoms with Crippen molar-refractivity contribution in [1.29, 1.82) is 0 Å². The number of primary amides is 1. The number of benzene rings is 2. The Hall–Kier alpha value is -4.61. The van der Waals surface area contributed by atoms with E-state index in [1.54, 1.807) is 31.2 Å². The number of hydrogen-bond donors (Lipinski definition) is 4. The number of halogens is 3. The van der Waals surface area contributed by atoms with Gasteiger partial charge in [-0.25, -0.2) is 4.79 Å². The minimum absolute atomic E-state index is 0.0626. The van der Waals surface area contributed by atoms with Gasteiger partial charge in [-0.05, 0) is 47.9 Å². The van der Waals surface area contributed by atoms with Crippen molar-refractivity contribution in [3.63, 3.8) is 0 Å². The molecule has 9 nitrogen and oxygen atoms in total.